The summed E-state index contributed by atoms with van der Waals surface area (Å²) in [6.07, 6.45) is 3.10. The average Bonchev–Trinajstić information content (AvgIpc) is 3.11. The molecule has 1 fully saturated rings. The summed E-state index contributed by atoms with van der Waals surface area (Å²) in [6, 6.07) is 5.08. The van der Waals surface area contributed by atoms with Gasteiger partial charge in [-0.15, -0.1) is 0 Å². The first-order valence-electron chi connectivity index (χ1n) is 6.38. The Bertz CT molecular complexity index is 580. The summed E-state index contributed by atoms with van der Waals surface area (Å²) in [5.41, 5.74) is -5.28. The third kappa shape index (κ3) is 3.26. The first-order valence-corrected chi connectivity index (χ1v) is 7.87. The minimum atomic E-state index is -5.33. The van der Waals surface area contributed by atoms with Gasteiger partial charge < -0.3 is 5.32 Å². The SMILES string of the molecule is CC(CC1CC1)Nc1ccccc1S(=O)(=O)C(F)(F)F. The monoisotopic (exact) mass is 307 g/mol. The second-order valence-electron chi connectivity index (χ2n) is 5.17. The van der Waals surface area contributed by atoms with Gasteiger partial charge in [0.25, 0.3) is 9.84 Å². The molecule has 0 aliphatic heterocycles. The molecule has 20 heavy (non-hydrogen) atoms. The summed E-state index contributed by atoms with van der Waals surface area (Å²) in [5, 5.41) is 2.88. The molecule has 0 bridgehead atoms. The van der Waals surface area contributed by atoms with E-state index in [4.69, 9.17) is 0 Å². The van der Waals surface area contributed by atoms with Gasteiger partial charge in [-0.1, -0.05) is 25.0 Å². The highest BCUT2D eigenvalue weighted by Crippen LogP contribution is 2.36. The van der Waals surface area contributed by atoms with E-state index >= 15 is 0 Å². The molecule has 0 spiro atoms. The van der Waals surface area contributed by atoms with E-state index in [-0.39, 0.29) is 11.7 Å². The summed E-state index contributed by atoms with van der Waals surface area (Å²) >= 11 is 0. The van der Waals surface area contributed by atoms with Crippen LogP contribution in [0.15, 0.2) is 29.2 Å². The first kappa shape index (κ1) is 15.2. The zero-order valence-electron chi connectivity index (χ0n) is 10.9. The molecule has 3 nitrogen and oxygen atoms in total. The Morgan fingerprint density at radius 3 is 2.45 bits per heavy atom. The summed E-state index contributed by atoms with van der Waals surface area (Å²) < 4.78 is 61.0. The quantitative estimate of drug-likeness (QED) is 0.904. The van der Waals surface area contributed by atoms with Crippen molar-refractivity contribution in [2.45, 2.75) is 42.6 Å². The topological polar surface area (TPSA) is 46.2 Å². The van der Waals surface area contributed by atoms with E-state index in [1.54, 1.807) is 0 Å². The van der Waals surface area contributed by atoms with Crippen molar-refractivity contribution in [3.63, 3.8) is 0 Å². The van der Waals surface area contributed by atoms with Crippen LogP contribution in [0, 0.1) is 5.92 Å². The van der Waals surface area contributed by atoms with Crippen molar-refractivity contribution in [3.05, 3.63) is 24.3 Å². The Morgan fingerprint density at radius 1 is 1.30 bits per heavy atom. The Hall–Kier alpha value is -1.24. The Kier molecular flexibility index (Phi) is 4.00. The molecular formula is C13H16F3NO2S. The van der Waals surface area contributed by atoms with Crippen LogP contribution in [0.25, 0.3) is 0 Å². The van der Waals surface area contributed by atoms with Crippen LogP contribution in [0.3, 0.4) is 0 Å². The number of nitrogens with one attached hydrogen (secondary N) is 1. The molecule has 1 N–H and O–H groups in total. The number of benzene rings is 1. The van der Waals surface area contributed by atoms with Gasteiger partial charge in [0.2, 0.25) is 0 Å². The maximum Gasteiger partial charge on any atom is 0.501 e. The summed E-state index contributed by atoms with van der Waals surface area (Å²) in [4.78, 5) is -0.713. The smallest absolute Gasteiger partial charge is 0.382 e. The fraction of sp³-hybridized carbons (Fsp3) is 0.538. The van der Waals surface area contributed by atoms with Gasteiger partial charge in [-0.2, -0.15) is 13.2 Å². The second kappa shape index (κ2) is 5.27. The molecule has 1 saturated carbocycles. The van der Waals surface area contributed by atoms with Crippen molar-refractivity contribution in [2.24, 2.45) is 5.92 Å². The highest BCUT2D eigenvalue weighted by Gasteiger charge is 2.48. The molecule has 1 aromatic rings. The first-order chi connectivity index (χ1) is 9.22. The van der Waals surface area contributed by atoms with Gasteiger partial charge in [0.1, 0.15) is 0 Å². The predicted octanol–water partition coefficient (Wildman–Crippen LogP) is 3.58. The molecule has 1 atom stereocenters. The minimum Gasteiger partial charge on any atom is -0.382 e. The largest absolute Gasteiger partial charge is 0.501 e. The molecule has 1 aromatic carbocycles. The number of para-hydroxylation sites is 1. The molecule has 0 aromatic heterocycles. The zero-order valence-corrected chi connectivity index (χ0v) is 11.8. The normalized spacial score (nSPS) is 17.8. The van der Waals surface area contributed by atoms with E-state index in [1.165, 1.54) is 18.2 Å². The Labute approximate surface area is 116 Å². The summed E-state index contributed by atoms with van der Waals surface area (Å²) in [6.45, 7) is 1.84. The van der Waals surface area contributed by atoms with Gasteiger partial charge in [0, 0.05) is 6.04 Å². The third-order valence-electron chi connectivity index (χ3n) is 3.27. The minimum absolute atomic E-state index is 0.0120. The number of hydrogen-bond donors (Lipinski definition) is 1. The van der Waals surface area contributed by atoms with Crippen molar-refractivity contribution >= 4 is 15.5 Å². The molecule has 7 heteroatoms. The molecule has 0 saturated heterocycles. The maximum atomic E-state index is 12.6. The van der Waals surface area contributed by atoms with Gasteiger partial charge in [-0.25, -0.2) is 8.42 Å². The lowest BCUT2D eigenvalue weighted by atomic mass is 10.1. The standard InChI is InChI=1S/C13H16F3NO2S/c1-9(8-10-6-7-10)17-11-4-2-3-5-12(11)20(18,19)13(14,15)16/h2-5,9-10,17H,6-8H2,1H3. The van der Waals surface area contributed by atoms with E-state index < -0.39 is 20.2 Å². The average molecular weight is 307 g/mol. The fourth-order valence-corrected chi connectivity index (χ4v) is 3.05. The fourth-order valence-electron chi connectivity index (χ4n) is 2.12. The summed E-state index contributed by atoms with van der Waals surface area (Å²) in [5.74, 6) is 0.601. The number of rotatable bonds is 5. The van der Waals surface area contributed by atoms with Crippen molar-refractivity contribution < 1.29 is 21.6 Å². The van der Waals surface area contributed by atoms with Crippen LogP contribution in [0.4, 0.5) is 18.9 Å². The lowest BCUT2D eigenvalue weighted by Crippen LogP contribution is -2.25. The van der Waals surface area contributed by atoms with Crippen LogP contribution in [0.5, 0.6) is 0 Å². The number of anilines is 1. The van der Waals surface area contributed by atoms with Crippen molar-refractivity contribution in [3.8, 4) is 0 Å². The molecule has 2 rings (SSSR count). The zero-order chi connectivity index (χ0) is 15.0. The van der Waals surface area contributed by atoms with Gasteiger partial charge >= 0.3 is 5.51 Å². The van der Waals surface area contributed by atoms with E-state index in [0.717, 1.165) is 25.3 Å². The Morgan fingerprint density at radius 2 is 1.90 bits per heavy atom. The number of halogens is 3. The van der Waals surface area contributed by atoms with Crippen molar-refractivity contribution in [1.29, 1.82) is 0 Å². The van der Waals surface area contributed by atoms with E-state index in [2.05, 4.69) is 5.32 Å². The lowest BCUT2D eigenvalue weighted by molar-refractivity contribution is -0.0435. The van der Waals surface area contributed by atoms with Gasteiger partial charge in [0.15, 0.2) is 0 Å². The van der Waals surface area contributed by atoms with Crippen LogP contribution in [0.2, 0.25) is 0 Å². The van der Waals surface area contributed by atoms with Gasteiger partial charge in [-0.05, 0) is 31.4 Å². The maximum absolute atomic E-state index is 12.6. The van der Waals surface area contributed by atoms with Crippen LogP contribution < -0.4 is 5.32 Å². The highest BCUT2D eigenvalue weighted by molar-refractivity contribution is 7.92. The van der Waals surface area contributed by atoms with Crippen molar-refractivity contribution in [1.82, 2.24) is 0 Å². The van der Waals surface area contributed by atoms with Gasteiger partial charge in [-0.3, -0.25) is 0 Å². The van der Waals surface area contributed by atoms with Crippen molar-refractivity contribution in [2.75, 3.05) is 5.32 Å². The molecule has 0 radical (unpaired) electrons. The Balaban J connectivity index is 2.26. The van der Waals surface area contributed by atoms with Crippen LogP contribution in [-0.4, -0.2) is 20.0 Å². The number of sulfone groups is 1. The predicted molar refractivity (Wildman–Crippen MR) is 70.1 cm³/mol. The van der Waals surface area contributed by atoms with Crippen LogP contribution >= 0.6 is 0 Å². The second-order valence-corrected chi connectivity index (χ2v) is 7.08. The van der Waals surface area contributed by atoms with Crippen LogP contribution in [0.1, 0.15) is 26.2 Å². The molecule has 0 amide bonds. The number of alkyl halides is 3. The molecule has 112 valence electrons. The number of hydrogen-bond acceptors (Lipinski definition) is 3. The van der Waals surface area contributed by atoms with E-state index in [0.29, 0.717) is 5.92 Å². The highest BCUT2D eigenvalue weighted by atomic mass is 32.2. The van der Waals surface area contributed by atoms with Gasteiger partial charge in [0.05, 0.1) is 10.6 Å². The molecule has 0 heterocycles. The molecule has 1 unspecified atom stereocenters. The van der Waals surface area contributed by atoms with E-state index in [1.807, 2.05) is 6.92 Å². The molecule has 1 aliphatic rings. The van der Waals surface area contributed by atoms with E-state index in [9.17, 15) is 21.6 Å². The third-order valence-corrected chi connectivity index (χ3v) is 4.81. The summed E-state index contributed by atoms with van der Waals surface area (Å²) in [7, 11) is -5.33. The van der Waals surface area contributed by atoms with Crippen LogP contribution in [-0.2, 0) is 9.84 Å². The molecule has 1 aliphatic carbocycles. The molecular weight excluding hydrogens is 291 g/mol. The lowest BCUT2D eigenvalue weighted by Gasteiger charge is -2.18.